The average Bonchev–Trinajstić information content (AvgIpc) is 2.99. The Kier molecular flexibility index (Phi) is 5.00. The zero-order valence-corrected chi connectivity index (χ0v) is 14.2. The Morgan fingerprint density at radius 3 is 2.72 bits per heavy atom. The molecule has 0 fully saturated rings. The predicted molar refractivity (Wildman–Crippen MR) is 92.3 cm³/mol. The van der Waals surface area contributed by atoms with Crippen LogP contribution in [0.2, 0.25) is 5.15 Å². The highest BCUT2D eigenvalue weighted by Gasteiger charge is 2.17. The molecule has 0 radical (unpaired) electrons. The zero-order chi connectivity index (χ0) is 17.8. The van der Waals surface area contributed by atoms with Gasteiger partial charge in [0.1, 0.15) is 18.3 Å². The molecule has 0 spiro atoms. The first kappa shape index (κ1) is 17.0. The fourth-order valence-corrected chi connectivity index (χ4v) is 2.60. The fourth-order valence-electron chi connectivity index (χ4n) is 2.49. The maximum atomic E-state index is 12.1. The molecule has 6 nitrogen and oxygen atoms in total. The summed E-state index contributed by atoms with van der Waals surface area (Å²) < 4.78 is 11.7. The molecule has 0 aliphatic heterocycles. The first-order valence-electron chi connectivity index (χ1n) is 7.50. The second-order valence-electron chi connectivity index (χ2n) is 5.33. The van der Waals surface area contributed by atoms with E-state index in [-0.39, 0.29) is 13.2 Å². The molecule has 128 valence electrons. The molecule has 0 saturated carbocycles. The van der Waals surface area contributed by atoms with Crippen molar-refractivity contribution in [3.05, 3.63) is 65.1 Å². The van der Waals surface area contributed by atoms with Gasteiger partial charge in [0.25, 0.3) is 0 Å². The quantitative estimate of drug-likeness (QED) is 0.517. The van der Waals surface area contributed by atoms with Crippen LogP contribution in [-0.2, 0) is 27.4 Å². The monoisotopic (exact) mass is 358 g/mol. The van der Waals surface area contributed by atoms with Gasteiger partial charge in [-0.25, -0.2) is 9.78 Å². The molecule has 0 unspecified atom stereocenters. The van der Waals surface area contributed by atoms with E-state index in [9.17, 15) is 9.59 Å². The first-order chi connectivity index (χ1) is 12.1. The van der Waals surface area contributed by atoms with E-state index in [1.54, 1.807) is 29.1 Å². The van der Waals surface area contributed by atoms with Crippen molar-refractivity contribution >= 4 is 34.4 Å². The lowest BCUT2D eigenvalue weighted by molar-refractivity contribution is -0.145. The van der Waals surface area contributed by atoms with Gasteiger partial charge in [0.15, 0.2) is 0 Å². The summed E-state index contributed by atoms with van der Waals surface area (Å²) in [5, 5.41) is 1.10. The Morgan fingerprint density at radius 2 is 2.00 bits per heavy atom. The van der Waals surface area contributed by atoms with Crippen LogP contribution in [0, 0.1) is 0 Å². The van der Waals surface area contributed by atoms with Gasteiger partial charge in [-0.2, -0.15) is 0 Å². The Labute approximate surface area is 148 Å². The SMILES string of the molecule is COC(=O)c1cn(CC(=O)OCc2ccc(Cl)nc2)c2ccccc12. The summed E-state index contributed by atoms with van der Waals surface area (Å²) in [5.74, 6) is -0.873. The first-order valence-corrected chi connectivity index (χ1v) is 7.88. The molecule has 1 aromatic carbocycles. The van der Waals surface area contributed by atoms with Crippen LogP contribution in [0.1, 0.15) is 15.9 Å². The molecule has 0 aliphatic carbocycles. The topological polar surface area (TPSA) is 70.4 Å². The van der Waals surface area contributed by atoms with Crippen LogP contribution in [0.4, 0.5) is 0 Å². The molecule has 2 aromatic heterocycles. The second kappa shape index (κ2) is 7.36. The number of nitrogens with zero attached hydrogens (tertiary/aromatic N) is 2. The van der Waals surface area contributed by atoms with Crippen molar-refractivity contribution in [2.24, 2.45) is 0 Å². The minimum absolute atomic E-state index is 0.0154. The van der Waals surface area contributed by atoms with Crippen LogP contribution >= 0.6 is 11.6 Å². The Balaban J connectivity index is 1.74. The third kappa shape index (κ3) is 3.80. The molecule has 0 bridgehead atoms. The third-order valence-electron chi connectivity index (χ3n) is 3.68. The van der Waals surface area contributed by atoms with Gasteiger partial charge in [0.2, 0.25) is 0 Å². The highest BCUT2D eigenvalue weighted by Crippen LogP contribution is 2.22. The lowest BCUT2D eigenvalue weighted by Crippen LogP contribution is -2.13. The Hall–Kier alpha value is -2.86. The Morgan fingerprint density at radius 1 is 1.20 bits per heavy atom. The standard InChI is InChI=1S/C18H15ClN2O4/c1-24-18(23)14-9-21(15-5-3-2-4-13(14)15)10-17(22)25-11-12-6-7-16(19)20-8-12/h2-9H,10-11H2,1H3. The summed E-state index contributed by atoms with van der Waals surface area (Å²) in [7, 11) is 1.32. The molecule has 0 aliphatic rings. The van der Waals surface area contributed by atoms with Crippen LogP contribution in [-0.4, -0.2) is 28.6 Å². The largest absolute Gasteiger partial charge is 0.465 e. The van der Waals surface area contributed by atoms with E-state index in [2.05, 4.69) is 4.98 Å². The molecular formula is C18H15ClN2O4. The van der Waals surface area contributed by atoms with Crippen LogP contribution in [0.25, 0.3) is 10.9 Å². The van der Waals surface area contributed by atoms with E-state index >= 15 is 0 Å². The van der Waals surface area contributed by atoms with Crippen LogP contribution < -0.4 is 0 Å². The zero-order valence-electron chi connectivity index (χ0n) is 13.4. The summed E-state index contributed by atoms with van der Waals surface area (Å²) in [4.78, 5) is 28.0. The molecule has 3 aromatic rings. The van der Waals surface area contributed by atoms with E-state index in [1.807, 2.05) is 24.3 Å². The lowest BCUT2D eigenvalue weighted by atomic mass is 10.2. The number of benzene rings is 1. The number of para-hydroxylation sites is 1. The summed E-state index contributed by atoms with van der Waals surface area (Å²) in [5.41, 5.74) is 1.91. The van der Waals surface area contributed by atoms with Crippen molar-refractivity contribution in [3.63, 3.8) is 0 Å². The van der Waals surface area contributed by atoms with E-state index in [1.165, 1.54) is 7.11 Å². The smallest absolute Gasteiger partial charge is 0.340 e. The highest BCUT2D eigenvalue weighted by atomic mass is 35.5. The molecular weight excluding hydrogens is 344 g/mol. The number of hydrogen-bond acceptors (Lipinski definition) is 5. The minimum atomic E-state index is -0.449. The minimum Gasteiger partial charge on any atom is -0.465 e. The number of halogens is 1. The van der Waals surface area contributed by atoms with Crippen molar-refractivity contribution in [3.8, 4) is 0 Å². The lowest BCUT2D eigenvalue weighted by Gasteiger charge is -2.07. The summed E-state index contributed by atoms with van der Waals surface area (Å²) >= 11 is 5.72. The Bertz CT molecular complexity index is 918. The molecule has 25 heavy (non-hydrogen) atoms. The highest BCUT2D eigenvalue weighted by molar-refractivity contribution is 6.29. The van der Waals surface area contributed by atoms with E-state index in [0.29, 0.717) is 10.7 Å². The fraction of sp³-hybridized carbons (Fsp3) is 0.167. The molecule has 7 heteroatoms. The number of esters is 2. The number of pyridine rings is 1. The van der Waals surface area contributed by atoms with E-state index in [0.717, 1.165) is 16.5 Å². The number of rotatable bonds is 5. The summed E-state index contributed by atoms with van der Waals surface area (Å²) in [6.45, 7) is 0.0879. The van der Waals surface area contributed by atoms with Gasteiger partial charge < -0.3 is 14.0 Å². The van der Waals surface area contributed by atoms with Gasteiger partial charge in [-0.15, -0.1) is 0 Å². The summed E-state index contributed by atoms with van der Waals surface area (Å²) in [6.07, 6.45) is 3.15. The number of carbonyl (C=O) groups excluding carboxylic acids is 2. The molecule has 0 saturated heterocycles. The van der Waals surface area contributed by atoms with Gasteiger partial charge in [-0.3, -0.25) is 4.79 Å². The van der Waals surface area contributed by atoms with Gasteiger partial charge in [-0.1, -0.05) is 35.9 Å². The van der Waals surface area contributed by atoms with Crippen LogP contribution in [0.3, 0.4) is 0 Å². The van der Waals surface area contributed by atoms with Gasteiger partial charge in [-0.05, 0) is 12.1 Å². The average molecular weight is 359 g/mol. The molecule has 0 atom stereocenters. The number of fused-ring (bicyclic) bond motifs is 1. The molecule has 2 heterocycles. The number of ether oxygens (including phenoxy) is 2. The van der Waals surface area contributed by atoms with E-state index < -0.39 is 11.9 Å². The van der Waals surface area contributed by atoms with Crippen molar-refractivity contribution in [2.75, 3.05) is 7.11 Å². The van der Waals surface area contributed by atoms with Gasteiger partial charge >= 0.3 is 11.9 Å². The van der Waals surface area contributed by atoms with Crippen LogP contribution in [0.5, 0.6) is 0 Å². The number of methoxy groups -OCH3 is 1. The van der Waals surface area contributed by atoms with Crippen molar-refractivity contribution < 1.29 is 19.1 Å². The van der Waals surface area contributed by atoms with Gasteiger partial charge in [0, 0.05) is 28.9 Å². The summed E-state index contributed by atoms with van der Waals surface area (Å²) in [6, 6.07) is 10.7. The third-order valence-corrected chi connectivity index (χ3v) is 3.91. The van der Waals surface area contributed by atoms with Crippen molar-refractivity contribution in [1.29, 1.82) is 0 Å². The predicted octanol–water partition coefficient (Wildman–Crippen LogP) is 3.22. The van der Waals surface area contributed by atoms with Crippen LogP contribution in [0.15, 0.2) is 48.8 Å². The number of hydrogen-bond donors (Lipinski definition) is 0. The van der Waals surface area contributed by atoms with E-state index in [4.69, 9.17) is 21.1 Å². The molecule has 0 N–H and O–H groups in total. The molecule has 0 amide bonds. The maximum Gasteiger partial charge on any atom is 0.340 e. The second-order valence-corrected chi connectivity index (χ2v) is 5.72. The normalized spacial score (nSPS) is 10.6. The maximum absolute atomic E-state index is 12.1. The molecule has 3 rings (SSSR count). The van der Waals surface area contributed by atoms with Crippen molar-refractivity contribution in [2.45, 2.75) is 13.2 Å². The number of carbonyl (C=O) groups is 2. The number of aromatic nitrogens is 2. The van der Waals surface area contributed by atoms with Gasteiger partial charge in [0.05, 0.1) is 12.7 Å². The van der Waals surface area contributed by atoms with Crippen molar-refractivity contribution in [1.82, 2.24) is 9.55 Å².